The molecule has 1 saturated carbocycles. The Morgan fingerprint density at radius 3 is 2.71 bits per heavy atom. The maximum Gasteiger partial charge on any atom is 0.279 e. The minimum atomic E-state index is -3.31. The third-order valence-electron chi connectivity index (χ3n) is 4.16. The van der Waals surface area contributed by atoms with Gasteiger partial charge in [-0.05, 0) is 50.5 Å². The molecule has 124 valence electrons. The minimum absolute atomic E-state index is 0.128. The first-order valence-electron chi connectivity index (χ1n) is 8.12. The summed E-state index contributed by atoms with van der Waals surface area (Å²) in [6, 6.07) is 0.763. The number of piperidine rings is 1. The van der Waals surface area contributed by atoms with E-state index >= 15 is 0 Å². The molecule has 2 aliphatic rings. The lowest BCUT2D eigenvalue weighted by molar-refractivity contribution is 0.242. The van der Waals surface area contributed by atoms with Gasteiger partial charge in [-0.3, -0.25) is 0 Å². The molecule has 0 spiro atoms. The van der Waals surface area contributed by atoms with E-state index in [9.17, 15) is 8.42 Å². The van der Waals surface area contributed by atoms with Crippen molar-refractivity contribution in [2.45, 2.75) is 57.0 Å². The van der Waals surface area contributed by atoms with Crippen molar-refractivity contribution in [1.29, 1.82) is 0 Å². The highest BCUT2D eigenvalue weighted by Crippen LogP contribution is 2.22. The van der Waals surface area contributed by atoms with Crippen LogP contribution in [0.25, 0.3) is 0 Å². The second kappa shape index (κ2) is 8.72. The lowest BCUT2D eigenvalue weighted by Gasteiger charge is -2.34. The highest BCUT2D eigenvalue weighted by Gasteiger charge is 2.33. The molecule has 21 heavy (non-hydrogen) atoms. The summed E-state index contributed by atoms with van der Waals surface area (Å²) >= 11 is 1.81. The SMILES string of the molecule is CSCCCCNS(=O)(=O)N1CCCCC1CNC1CC1. The summed E-state index contributed by atoms with van der Waals surface area (Å²) in [5, 5.41) is 3.48. The van der Waals surface area contributed by atoms with Crippen LogP contribution in [0.5, 0.6) is 0 Å². The van der Waals surface area contributed by atoms with Gasteiger partial charge in [0.25, 0.3) is 10.2 Å². The molecule has 0 aromatic carbocycles. The third kappa shape index (κ3) is 6.06. The van der Waals surface area contributed by atoms with Crippen molar-refractivity contribution in [2.24, 2.45) is 0 Å². The lowest BCUT2D eigenvalue weighted by atomic mass is 10.1. The van der Waals surface area contributed by atoms with Gasteiger partial charge in [0, 0.05) is 31.7 Å². The Morgan fingerprint density at radius 1 is 1.19 bits per heavy atom. The molecule has 0 aromatic heterocycles. The normalized spacial score (nSPS) is 24.3. The molecule has 7 heteroatoms. The van der Waals surface area contributed by atoms with Crippen LogP contribution in [0.1, 0.15) is 44.9 Å². The van der Waals surface area contributed by atoms with Gasteiger partial charge >= 0.3 is 0 Å². The molecule has 1 aliphatic heterocycles. The molecule has 0 radical (unpaired) electrons. The van der Waals surface area contributed by atoms with Crippen LogP contribution in [0.4, 0.5) is 0 Å². The Morgan fingerprint density at radius 2 is 2.00 bits per heavy atom. The summed E-state index contributed by atoms with van der Waals surface area (Å²) in [4.78, 5) is 0. The predicted molar refractivity (Wildman–Crippen MR) is 89.9 cm³/mol. The third-order valence-corrected chi connectivity index (χ3v) is 6.53. The first kappa shape index (κ1) is 17.5. The van der Waals surface area contributed by atoms with Crippen molar-refractivity contribution in [1.82, 2.24) is 14.3 Å². The summed E-state index contributed by atoms with van der Waals surface area (Å²) in [6.07, 6.45) is 9.64. The van der Waals surface area contributed by atoms with Gasteiger partial charge in [-0.15, -0.1) is 0 Å². The van der Waals surface area contributed by atoms with E-state index < -0.39 is 10.2 Å². The van der Waals surface area contributed by atoms with Crippen LogP contribution in [0.2, 0.25) is 0 Å². The molecule has 2 N–H and O–H groups in total. The second-order valence-corrected chi connectivity index (χ2v) is 8.74. The van der Waals surface area contributed by atoms with Crippen LogP contribution >= 0.6 is 11.8 Å². The number of thioether (sulfide) groups is 1. The zero-order valence-corrected chi connectivity index (χ0v) is 14.6. The van der Waals surface area contributed by atoms with E-state index in [-0.39, 0.29) is 6.04 Å². The average Bonchev–Trinajstić information content (AvgIpc) is 3.29. The van der Waals surface area contributed by atoms with Crippen LogP contribution in [-0.4, -0.2) is 56.4 Å². The fourth-order valence-electron chi connectivity index (χ4n) is 2.74. The van der Waals surface area contributed by atoms with Gasteiger partial charge in [-0.1, -0.05) is 6.42 Å². The van der Waals surface area contributed by atoms with E-state index in [1.807, 2.05) is 11.8 Å². The number of hydrogen-bond donors (Lipinski definition) is 2. The fourth-order valence-corrected chi connectivity index (χ4v) is 4.74. The van der Waals surface area contributed by atoms with Crippen LogP contribution in [-0.2, 0) is 10.2 Å². The van der Waals surface area contributed by atoms with E-state index in [0.29, 0.717) is 19.1 Å². The minimum Gasteiger partial charge on any atom is -0.312 e. The van der Waals surface area contributed by atoms with Crippen LogP contribution in [0, 0.1) is 0 Å². The first-order chi connectivity index (χ1) is 10.1. The highest BCUT2D eigenvalue weighted by atomic mass is 32.2. The zero-order valence-electron chi connectivity index (χ0n) is 13.0. The van der Waals surface area contributed by atoms with Gasteiger partial charge in [0.05, 0.1) is 0 Å². The number of hydrogen-bond acceptors (Lipinski definition) is 4. The van der Waals surface area contributed by atoms with Crippen molar-refractivity contribution in [3.63, 3.8) is 0 Å². The van der Waals surface area contributed by atoms with Crippen molar-refractivity contribution in [2.75, 3.05) is 31.6 Å². The molecular formula is C14H29N3O2S2. The van der Waals surface area contributed by atoms with Gasteiger partial charge < -0.3 is 5.32 Å². The molecule has 0 aromatic rings. The highest BCUT2D eigenvalue weighted by molar-refractivity contribution is 7.98. The molecule has 0 amide bonds. The smallest absolute Gasteiger partial charge is 0.279 e. The van der Waals surface area contributed by atoms with E-state index in [1.54, 1.807) is 4.31 Å². The van der Waals surface area contributed by atoms with Crippen LogP contribution in [0.3, 0.4) is 0 Å². The molecule has 1 heterocycles. The summed E-state index contributed by atoms with van der Waals surface area (Å²) in [5.41, 5.74) is 0. The van der Waals surface area contributed by atoms with Crippen molar-refractivity contribution >= 4 is 22.0 Å². The first-order valence-corrected chi connectivity index (χ1v) is 11.0. The monoisotopic (exact) mass is 335 g/mol. The molecule has 2 rings (SSSR count). The maximum absolute atomic E-state index is 12.5. The number of nitrogens with one attached hydrogen (secondary N) is 2. The van der Waals surface area contributed by atoms with Crippen LogP contribution < -0.4 is 10.0 Å². The summed E-state index contributed by atoms with van der Waals surface area (Å²) < 4.78 is 29.4. The summed E-state index contributed by atoms with van der Waals surface area (Å²) in [5.74, 6) is 1.10. The molecule has 5 nitrogen and oxygen atoms in total. The van der Waals surface area contributed by atoms with E-state index in [4.69, 9.17) is 0 Å². The molecule has 0 bridgehead atoms. The quantitative estimate of drug-likeness (QED) is 0.595. The van der Waals surface area contributed by atoms with E-state index in [0.717, 1.165) is 44.4 Å². The Balaban J connectivity index is 1.79. The average molecular weight is 336 g/mol. The Bertz CT molecular complexity index is 399. The van der Waals surface area contributed by atoms with Crippen LogP contribution in [0.15, 0.2) is 0 Å². The fraction of sp³-hybridized carbons (Fsp3) is 1.00. The Hall–Kier alpha value is 0.180. The van der Waals surface area contributed by atoms with Gasteiger partial charge in [-0.25, -0.2) is 4.72 Å². The van der Waals surface area contributed by atoms with Gasteiger partial charge in [0.15, 0.2) is 0 Å². The van der Waals surface area contributed by atoms with Gasteiger partial charge in [0.1, 0.15) is 0 Å². The van der Waals surface area contributed by atoms with E-state index in [1.165, 1.54) is 12.8 Å². The predicted octanol–water partition coefficient (Wildman–Crippen LogP) is 1.57. The topological polar surface area (TPSA) is 61.4 Å². The van der Waals surface area contributed by atoms with Gasteiger partial charge in [0.2, 0.25) is 0 Å². The molecule has 2 fully saturated rings. The Labute approximate surface area is 133 Å². The Kier molecular flexibility index (Phi) is 7.28. The maximum atomic E-state index is 12.5. The number of unbranched alkanes of at least 4 members (excludes halogenated alkanes) is 1. The standard InChI is InChI=1S/C14H29N3O2S2/c1-20-11-5-3-9-16-21(18,19)17-10-4-2-6-14(17)12-15-13-7-8-13/h13-16H,2-12H2,1H3. The second-order valence-electron chi connectivity index (χ2n) is 6.04. The molecular weight excluding hydrogens is 306 g/mol. The molecule has 1 unspecified atom stereocenters. The van der Waals surface area contributed by atoms with E-state index in [2.05, 4.69) is 16.3 Å². The lowest BCUT2D eigenvalue weighted by Crippen LogP contribution is -2.52. The number of rotatable bonds is 10. The zero-order chi connectivity index (χ0) is 15.1. The summed E-state index contributed by atoms with van der Waals surface area (Å²) in [6.45, 7) is 2.03. The molecule has 1 aliphatic carbocycles. The summed E-state index contributed by atoms with van der Waals surface area (Å²) in [7, 11) is -3.31. The molecule has 1 atom stereocenters. The van der Waals surface area contributed by atoms with Gasteiger partial charge in [-0.2, -0.15) is 24.5 Å². The van der Waals surface area contributed by atoms with Crippen molar-refractivity contribution in [3.05, 3.63) is 0 Å². The largest absolute Gasteiger partial charge is 0.312 e. The number of nitrogens with zero attached hydrogens (tertiary/aromatic N) is 1. The van der Waals surface area contributed by atoms with Crippen molar-refractivity contribution < 1.29 is 8.42 Å². The molecule has 1 saturated heterocycles. The van der Waals surface area contributed by atoms with Crippen molar-refractivity contribution in [3.8, 4) is 0 Å².